The molecule has 1 saturated carbocycles. The Balaban J connectivity index is 1.43. The van der Waals surface area contributed by atoms with Gasteiger partial charge in [-0.15, -0.1) is 0 Å². The molecule has 1 aromatic carbocycles. The van der Waals surface area contributed by atoms with Gasteiger partial charge in [0.15, 0.2) is 6.61 Å². The standard InChI is InChI=1S/C21H31N3O3/c1-15(2)17-5-4-6-19(13-17)27-14-20(25)24-11-9-23(10-12-24)16(3)21(26)22-18-7-8-18/h4-6,13,15-16,18H,7-12,14H2,1-3H3,(H,22,26). The van der Waals surface area contributed by atoms with Crippen molar-refractivity contribution in [1.29, 1.82) is 0 Å². The fourth-order valence-corrected chi connectivity index (χ4v) is 3.27. The number of ether oxygens (including phenoxy) is 1. The molecule has 1 heterocycles. The Hall–Kier alpha value is -2.08. The van der Waals surface area contributed by atoms with Crippen LogP contribution in [0.5, 0.6) is 5.75 Å². The van der Waals surface area contributed by atoms with Crippen molar-refractivity contribution < 1.29 is 14.3 Å². The van der Waals surface area contributed by atoms with Gasteiger partial charge in [-0.3, -0.25) is 14.5 Å². The molecule has 0 aromatic heterocycles. The first-order valence-electron chi connectivity index (χ1n) is 9.99. The lowest BCUT2D eigenvalue weighted by molar-refractivity contribution is -0.136. The quantitative estimate of drug-likeness (QED) is 0.794. The van der Waals surface area contributed by atoms with Gasteiger partial charge < -0.3 is 15.0 Å². The molecule has 1 aromatic rings. The molecular formula is C21H31N3O3. The van der Waals surface area contributed by atoms with E-state index in [2.05, 4.69) is 30.1 Å². The maximum Gasteiger partial charge on any atom is 0.260 e. The second kappa shape index (κ2) is 8.74. The van der Waals surface area contributed by atoms with E-state index in [9.17, 15) is 9.59 Å². The smallest absolute Gasteiger partial charge is 0.260 e. The number of rotatable bonds is 7. The second-order valence-corrected chi connectivity index (χ2v) is 7.89. The van der Waals surface area contributed by atoms with Crippen molar-refractivity contribution in [3.05, 3.63) is 29.8 Å². The van der Waals surface area contributed by atoms with E-state index in [-0.39, 0.29) is 24.5 Å². The van der Waals surface area contributed by atoms with Crippen molar-refractivity contribution in [2.24, 2.45) is 0 Å². The minimum absolute atomic E-state index is 0.000292. The van der Waals surface area contributed by atoms with Gasteiger partial charge in [0.2, 0.25) is 5.91 Å². The van der Waals surface area contributed by atoms with Crippen LogP contribution in [0.1, 0.15) is 45.1 Å². The summed E-state index contributed by atoms with van der Waals surface area (Å²) in [6, 6.07) is 8.15. The van der Waals surface area contributed by atoms with E-state index in [1.54, 1.807) is 0 Å². The van der Waals surface area contributed by atoms with Crippen LogP contribution in [-0.4, -0.2) is 66.5 Å². The molecule has 1 N–H and O–H groups in total. The first kappa shape index (κ1) is 19.7. The molecule has 1 aliphatic carbocycles. The molecule has 2 fully saturated rings. The number of piperazine rings is 1. The molecule has 1 unspecified atom stereocenters. The lowest BCUT2D eigenvalue weighted by Crippen LogP contribution is -2.55. The highest BCUT2D eigenvalue weighted by Gasteiger charge is 2.30. The molecule has 1 saturated heterocycles. The first-order valence-corrected chi connectivity index (χ1v) is 9.99. The lowest BCUT2D eigenvalue weighted by Gasteiger charge is -2.37. The van der Waals surface area contributed by atoms with E-state index in [0.29, 0.717) is 38.1 Å². The second-order valence-electron chi connectivity index (χ2n) is 7.89. The largest absolute Gasteiger partial charge is 0.484 e. The summed E-state index contributed by atoms with van der Waals surface area (Å²) in [4.78, 5) is 28.6. The Labute approximate surface area is 161 Å². The molecule has 0 bridgehead atoms. The Morgan fingerprint density at radius 3 is 2.48 bits per heavy atom. The maximum absolute atomic E-state index is 12.5. The third-order valence-corrected chi connectivity index (χ3v) is 5.40. The van der Waals surface area contributed by atoms with Crippen LogP contribution in [0.4, 0.5) is 0 Å². The first-order chi connectivity index (χ1) is 12.9. The summed E-state index contributed by atoms with van der Waals surface area (Å²) in [6.45, 7) is 8.97. The summed E-state index contributed by atoms with van der Waals surface area (Å²) in [7, 11) is 0. The highest BCUT2D eigenvalue weighted by atomic mass is 16.5. The van der Waals surface area contributed by atoms with Crippen molar-refractivity contribution in [1.82, 2.24) is 15.1 Å². The Bertz CT molecular complexity index is 664. The fraction of sp³-hybridized carbons (Fsp3) is 0.619. The van der Waals surface area contributed by atoms with Crippen LogP contribution in [0.2, 0.25) is 0 Å². The summed E-state index contributed by atoms with van der Waals surface area (Å²) in [5.74, 6) is 1.26. The van der Waals surface area contributed by atoms with Gasteiger partial charge in [-0.1, -0.05) is 26.0 Å². The number of amides is 2. The number of benzene rings is 1. The average Bonchev–Trinajstić information content (AvgIpc) is 3.49. The van der Waals surface area contributed by atoms with Crippen molar-refractivity contribution in [2.75, 3.05) is 32.8 Å². The molecule has 148 valence electrons. The fourth-order valence-electron chi connectivity index (χ4n) is 3.27. The van der Waals surface area contributed by atoms with E-state index in [1.807, 2.05) is 30.0 Å². The zero-order valence-electron chi connectivity index (χ0n) is 16.6. The van der Waals surface area contributed by atoms with Gasteiger partial charge in [-0.05, 0) is 43.4 Å². The van der Waals surface area contributed by atoms with Crippen LogP contribution in [0.15, 0.2) is 24.3 Å². The maximum atomic E-state index is 12.5. The molecule has 2 amide bonds. The number of hydrogen-bond acceptors (Lipinski definition) is 4. The van der Waals surface area contributed by atoms with Crippen molar-refractivity contribution in [3.63, 3.8) is 0 Å². The van der Waals surface area contributed by atoms with Crippen molar-refractivity contribution >= 4 is 11.8 Å². The van der Waals surface area contributed by atoms with Crippen LogP contribution < -0.4 is 10.1 Å². The van der Waals surface area contributed by atoms with Crippen LogP contribution >= 0.6 is 0 Å². The van der Waals surface area contributed by atoms with Gasteiger partial charge in [0.05, 0.1) is 6.04 Å². The Morgan fingerprint density at radius 2 is 1.85 bits per heavy atom. The molecule has 0 radical (unpaired) electrons. The molecule has 6 heteroatoms. The summed E-state index contributed by atoms with van der Waals surface area (Å²) in [5, 5.41) is 3.05. The summed E-state index contributed by atoms with van der Waals surface area (Å²) >= 11 is 0. The zero-order valence-corrected chi connectivity index (χ0v) is 16.6. The lowest BCUT2D eigenvalue weighted by atomic mass is 10.0. The monoisotopic (exact) mass is 373 g/mol. The van der Waals surface area contributed by atoms with Gasteiger partial charge in [0.1, 0.15) is 5.75 Å². The molecular weight excluding hydrogens is 342 g/mol. The van der Waals surface area contributed by atoms with Crippen molar-refractivity contribution in [2.45, 2.75) is 51.6 Å². The number of carbonyl (C=O) groups excluding carboxylic acids is 2. The van der Waals surface area contributed by atoms with Gasteiger partial charge in [0.25, 0.3) is 5.91 Å². The number of nitrogens with zero attached hydrogens (tertiary/aromatic N) is 2. The minimum Gasteiger partial charge on any atom is -0.484 e. The van der Waals surface area contributed by atoms with Crippen molar-refractivity contribution in [3.8, 4) is 5.75 Å². The van der Waals surface area contributed by atoms with Gasteiger partial charge in [-0.2, -0.15) is 0 Å². The van der Waals surface area contributed by atoms with Crippen LogP contribution in [0, 0.1) is 0 Å². The van der Waals surface area contributed by atoms with Gasteiger partial charge in [-0.25, -0.2) is 0 Å². The summed E-state index contributed by atoms with van der Waals surface area (Å²) < 4.78 is 5.71. The van der Waals surface area contributed by atoms with Gasteiger partial charge >= 0.3 is 0 Å². The van der Waals surface area contributed by atoms with E-state index in [1.165, 1.54) is 5.56 Å². The Kier molecular flexibility index (Phi) is 6.37. The third kappa shape index (κ3) is 5.45. The van der Waals surface area contributed by atoms with Gasteiger partial charge in [0, 0.05) is 32.2 Å². The molecule has 1 atom stereocenters. The summed E-state index contributed by atoms with van der Waals surface area (Å²) in [6.07, 6.45) is 2.20. The highest BCUT2D eigenvalue weighted by Crippen LogP contribution is 2.21. The third-order valence-electron chi connectivity index (χ3n) is 5.40. The normalized spacial score (nSPS) is 19.0. The predicted molar refractivity (Wildman–Crippen MR) is 105 cm³/mol. The van der Waals surface area contributed by atoms with E-state index in [0.717, 1.165) is 18.6 Å². The SMILES string of the molecule is CC(C)c1cccc(OCC(=O)N2CCN(C(C)C(=O)NC3CC3)CC2)c1. The Morgan fingerprint density at radius 1 is 1.15 bits per heavy atom. The van der Waals surface area contributed by atoms with Crippen LogP contribution in [0.3, 0.4) is 0 Å². The minimum atomic E-state index is -0.141. The van der Waals surface area contributed by atoms with E-state index >= 15 is 0 Å². The number of hydrogen-bond donors (Lipinski definition) is 1. The molecule has 6 nitrogen and oxygen atoms in total. The molecule has 3 rings (SSSR count). The molecule has 0 spiro atoms. The highest BCUT2D eigenvalue weighted by molar-refractivity contribution is 5.82. The molecule has 2 aliphatic rings. The number of carbonyl (C=O) groups is 2. The van der Waals surface area contributed by atoms with Crippen LogP contribution in [0.25, 0.3) is 0 Å². The summed E-state index contributed by atoms with van der Waals surface area (Å²) in [5.41, 5.74) is 1.20. The number of nitrogens with one attached hydrogen (secondary N) is 1. The molecule has 1 aliphatic heterocycles. The zero-order chi connectivity index (χ0) is 19.4. The average molecular weight is 373 g/mol. The van der Waals surface area contributed by atoms with E-state index < -0.39 is 0 Å². The van der Waals surface area contributed by atoms with Crippen LogP contribution in [-0.2, 0) is 9.59 Å². The topological polar surface area (TPSA) is 61.9 Å². The van der Waals surface area contributed by atoms with E-state index in [4.69, 9.17) is 4.74 Å². The predicted octanol–water partition coefficient (Wildman–Crippen LogP) is 2.00. The molecule has 27 heavy (non-hydrogen) atoms.